The monoisotopic (exact) mass is 423 g/mol. The van der Waals surface area contributed by atoms with Gasteiger partial charge >= 0.3 is 5.69 Å². The molecule has 0 saturated carbocycles. The summed E-state index contributed by atoms with van der Waals surface area (Å²) in [4.78, 5) is 42.0. The van der Waals surface area contributed by atoms with Crippen molar-refractivity contribution in [3.8, 4) is 11.4 Å². The van der Waals surface area contributed by atoms with E-state index in [1.54, 1.807) is 60.5 Å². The summed E-state index contributed by atoms with van der Waals surface area (Å²) in [7, 11) is 1.55. The highest BCUT2D eigenvalue weighted by atomic mass is 16.5. The van der Waals surface area contributed by atoms with Gasteiger partial charge in [-0.15, -0.1) is 0 Å². The Kier molecular flexibility index (Phi) is 5.90. The Morgan fingerprint density at radius 1 is 1.06 bits per heavy atom. The van der Waals surface area contributed by atoms with Crippen LogP contribution in [-0.2, 0) is 9.53 Å². The number of ether oxygens (including phenoxy) is 2. The molecule has 3 aromatic rings. The second kappa shape index (κ2) is 8.77. The number of fused-ring (bicyclic) bond motifs is 1. The Morgan fingerprint density at radius 3 is 2.39 bits per heavy atom. The Labute approximate surface area is 179 Å². The number of hydrogen-bond donors (Lipinski definition) is 0. The molecule has 0 bridgehead atoms. The van der Waals surface area contributed by atoms with Crippen LogP contribution in [0.1, 0.15) is 19.4 Å². The molecule has 1 saturated heterocycles. The minimum absolute atomic E-state index is 0.141. The van der Waals surface area contributed by atoms with Crippen LogP contribution in [0.2, 0.25) is 0 Å². The average molecular weight is 423 g/mol. The second-order valence-electron chi connectivity index (χ2n) is 7.37. The first-order valence-corrected chi connectivity index (χ1v) is 10.3. The first-order valence-electron chi connectivity index (χ1n) is 10.3. The van der Waals surface area contributed by atoms with Gasteiger partial charge in [0, 0.05) is 13.1 Å². The number of morpholine rings is 1. The maximum Gasteiger partial charge on any atom is 0.336 e. The van der Waals surface area contributed by atoms with Gasteiger partial charge in [-0.25, -0.2) is 9.36 Å². The summed E-state index contributed by atoms with van der Waals surface area (Å²) >= 11 is 0. The number of carbonyl (C=O) groups is 1. The number of aromatic nitrogens is 2. The minimum Gasteiger partial charge on any atom is -0.497 e. The molecule has 1 aliphatic heterocycles. The van der Waals surface area contributed by atoms with Gasteiger partial charge in [0.25, 0.3) is 5.56 Å². The molecule has 4 rings (SSSR count). The third-order valence-corrected chi connectivity index (χ3v) is 5.63. The van der Waals surface area contributed by atoms with Gasteiger partial charge in [-0.2, -0.15) is 0 Å². The highest BCUT2D eigenvalue weighted by Crippen LogP contribution is 2.21. The van der Waals surface area contributed by atoms with Gasteiger partial charge < -0.3 is 14.4 Å². The van der Waals surface area contributed by atoms with E-state index < -0.39 is 17.3 Å². The number of hydrogen-bond acceptors (Lipinski definition) is 5. The maximum absolute atomic E-state index is 13.6. The molecule has 2 aromatic carbocycles. The molecule has 2 heterocycles. The third-order valence-electron chi connectivity index (χ3n) is 5.63. The second-order valence-corrected chi connectivity index (χ2v) is 7.37. The van der Waals surface area contributed by atoms with E-state index in [-0.39, 0.29) is 5.91 Å². The summed E-state index contributed by atoms with van der Waals surface area (Å²) in [6, 6.07) is 12.9. The Bertz CT molecular complexity index is 1210. The van der Waals surface area contributed by atoms with E-state index in [9.17, 15) is 14.4 Å². The van der Waals surface area contributed by atoms with E-state index >= 15 is 0 Å². The fourth-order valence-corrected chi connectivity index (χ4v) is 4.00. The number of carbonyl (C=O) groups excluding carboxylic acids is 1. The minimum atomic E-state index is -0.722. The summed E-state index contributed by atoms with van der Waals surface area (Å²) < 4.78 is 13.1. The van der Waals surface area contributed by atoms with Crippen LogP contribution >= 0.6 is 0 Å². The van der Waals surface area contributed by atoms with Crippen LogP contribution < -0.4 is 16.0 Å². The van der Waals surface area contributed by atoms with Crippen LogP contribution in [0.5, 0.6) is 5.75 Å². The van der Waals surface area contributed by atoms with E-state index in [4.69, 9.17) is 9.47 Å². The molecule has 0 spiro atoms. The molecule has 1 fully saturated rings. The number of para-hydroxylation sites is 1. The summed E-state index contributed by atoms with van der Waals surface area (Å²) in [5.74, 6) is 0.477. The molecule has 0 N–H and O–H groups in total. The Morgan fingerprint density at radius 2 is 1.74 bits per heavy atom. The van der Waals surface area contributed by atoms with Crippen LogP contribution in [0, 0.1) is 0 Å². The van der Waals surface area contributed by atoms with Crippen molar-refractivity contribution >= 4 is 16.8 Å². The largest absolute Gasteiger partial charge is 0.497 e. The van der Waals surface area contributed by atoms with Crippen molar-refractivity contribution in [3.05, 3.63) is 69.4 Å². The van der Waals surface area contributed by atoms with Gasteiger partial charge in [0.05, 0.1) is 36.9 Å². The van der Waals surface area contributed by atoms with Crippen LogP contribution in [0.15, 0.2) is 58.1 Å². The highest BCUT2D eigenvalue weighted by Gasteiger charge is 2.29. The Hall–Kier alpha value is -3.39. The van der Waals surface area contributed by atoms with Crippen LogP contribution in [0.4, 0.5) is 0 Å². The van der Waals surface area contributed by atoms with Crippen LogP contribution in [0.25, 0.3) is 16.6 Å². The SMILES string of the molecule is CCC(C(=O)N1CCOCC1)n1c(=O)n(-c2ccc(OC)cc2)c(=O)c2ccccc21. The van der Waals surface area contributed by atoms with Gasteiger partial charge in [0.1, 0.15) is 11.8 Å². The molecule has 8 nitrogen and oxygen atoms in total. The fraction of sp³-hybridized carbons (Fsp3) is 0.348. The molecule has 1 amide bonds. The standard InChI is InChI=1S/C23H25N3O5/c1-3-19(22(28)24-12-14-31-15-13-24)26-20-7-5-4-6-18(20)21(27)25(23(26)29)16-8-10-17(30-2)11-9-16/h4-11,19H,3,12-15H2,1-2H3. The quantitative estimate of drug-likeness (QED) is 0.627. The number of nitrogens with zero attached hydrogens (tertiary/aromatic N) is 3. The van der Waals surface area contributed by atoms with Gasteiger partial charge in [-0.05, 0) is 42.8 Å². The lowest BCUT2D eigenvalue weighted by atomic mass is 10.1. The molecule has 1 unspecified atom stereocenters. The van der Waals surface area contributed by atoms with E-state index in [0.29, 0.717) is 55.1 Å². The molecule has 31 heavy (non-hydrogen) atoms. The average Bonchev–Trinajstić information content (AvgIpc) is 2.82. The van der Waals surface area contributed by atoms with Gasteiger partial charge in [0.2, 0.25) is 5.91 Å². The summed E-state index contributed by atoms with van der Waals surface area (Å²) in [5, 5.41) is 0.381. The topological polar surface area (TPSA) is 82.8 Å². The van der Waals surface area contributed by atoms with Crippen LogP contribution in [-0.4, -0.2) is 53.4 Å². The van der Waals surface area contributed by atoms with E-state index in [1.165, 1.54) is 4.57 Å². The van der Waals surface area contributed by atoms with E-state index in [2.05, 4.69) is 0 Å². The predicted molar refractivity (Wildman–Crippen MR) is 117 cm³/mol. The summed E-state index contributed by atoms with van der Waals surface area (Å²) in [6.45, 7) is 3.79. The van der Waals surface area contributed by atoms with Gasteiger partial charge in [0.15, 0.2) is 0 Å². The third kappa shape index (κ3) is 3.74. The molecule has 162 valence electrons. The van der Waals surface area contributed by atoms with Gasteiger partial charge in [-0.3, -0.25) is 14.2 Å². The number of amides is 1. The molecule has 1 aromatic heterocycles. The molecule has 0 aliphatic carbocycles. The highest BCUT2D eigenvalue weighted by molar-refractivity contribution is 5.84. The van der Waals surface area contributed by atoms with Crippen molar-refractivity contribution < 1.29 is 14.3 Å². The smallest absolute Gasteiger partial charge is 0.336 e. The fourth-order valence-electron chi connectivity index (χ4n) is 4.00. The zero-order chi connectivity index (χ0) is 22.0. The van der Waals surface area contributed by atoms with E-state index in [0.717, 1.165) is 4.57 Å². The maximum atomic E-state index is 13.6. The predicted octanol–water partition coefficient (Wildman–Crippen LogP) is 1.97. The molecular weight excluding hydrogens is 398 g/mol. The normalized spacial score (nSPS) is 15.1. The van der Waals surface area contributed by atoms with Crippen molar-refractivity contribution in [3.63, 3.8) is 0 Å². The summed E-state index contributed by atoms with van der Waals surface area (Å²) in [5.41, 5.74) is -0.0854. The van der Waals surface area contributed by atoms with Crippen molar-refractivity contribution in [2.75, 3.05) is 33.4 Å². The zero-order valence-electron chi connectivity index (χ0n) is 17.6. The number of benzene rings is 2. The summed E-state index contributed by atoms with van der Waals surface area (Å²) in [6.07, 6.45) is 0.418. The lowest BCUT2D eigenvalue weighted by molar-refractivity contribution is -0.139. The lowest BCUT2D eigenvalue weighted by Crippen LogP contribution is -2.48. The van der Waals surface area contributed by atoms with Crippen molar-refractivity contribution in [1.29, 1.82) is 0 Å². The first kappa shape index (κ1) is 20.9. The zero-order valence-corrected chi connectivity index (χ0v) is 17.6. The van der Waals surface area contributed by atoms with Crippen molar-refractivity contribution in [2.45, 2.75) is 19.4 Å². The Balaban J connectivity index is 1.94. The van der Waals surface area contributed by atoms with E-state index in [1.807, 2.05) is 6.92 Å². The first-order chi connectivity index (χ1) is 15.1. The van der Waals surface area contributed by atoms with Crippen molar-refractivity contribution in [2.24, 2.45) is 0 Å². The lowest BCUT2D eigenvalue weighted by Gasteiger charge is -2.31. The molecule has 0 radical (unpaired) electrons. The molecule has 8 heteroatoms. The van der Waals surface area contributed by atoms with Crippen LogP contribution in [0.3, 0.4) is 0 Å². The molecular formula is C23H25N3O5. The number of methoxy groups -OCH3 is 1. The van der Waals surface area contributed by atoms with Crippen molar-refractivity contribution in [1.82, 2.24) is 14.0 Å². The van der Waals surface area contributed by atoms with Gasteiger partial charge in [-0.1, -0.05) is 19.1 Å². The number of rotatable bonds is 5. The molecule has 1 atom stereocenters. The molecule has 1 aliphatic rings.